The van der Waals surface area contributed by atoms with Gasteiger partial charge in [-0.05, 0) is 24.7 Å². The molecule has 2 aliphatic rings. The van der Waals surface area contributed by atoms with Gasteiger partial charge in [0, 0.05) is 58.9 Å². The van der Waals surface area contributed by atoms with Crippen LogP contribution >= 0.6 is 0 Å². The molecule has 4 rings (SSSR count). The predicted molar refractivity (Wildman–Crippen MR) is 117 cm³/mol. The van der Waals surface area contributed by atoms with E-state index < -0.39 is 0 Å². The van der Waals surface area contributed by atoms with Crippen LogP contribution in [0.2, 0.25) is 0 Å². The maximum absolute atomic E-state index is 13.1. The van der Waals surface area contributed by atoms with Crippen molar-refractivity contribution in [3.63, 3.8) is 0 Å². The second-order valence-corrected chi connectivity index (χ2v) is 8.36. The van der Waals surface area contributed by atoms with E-state index in [4.69, 9.17) is 4.42 Å². The lowest BCUT2D eigenvalue weighted by Gasteiger charge is -2.37. The molecule has 0 aliphatic carbocycles. The predicted octanol–water partition coefficient (Wildman–Crippen LogP) is 2.10. The Kier molecular flexibility index (Phi) is 7.04. The third-order valence-electron chi connectivity index (χ3n) is 6.16. The molecule has 2 fully saturated rings. The van der Waals surface area contributed by atoms with E-state index in [2.05, 4.69) is 39.2 Å². The highest BCUT2D eigenvalue weighted by atomic mass is 16.3. The SMILES string of the molecule is CN1CCN(CC(NC(=O)N2CCN(Cc3ccco3)CC2)c2ccccc2)CC1. The van der Waals surface area contributed by atoms with Crippen molar-refractivity contribution in [2.75, 3.05) is 66.0 Å². The van der Waals surface area contributed by atoms with Gasteiger partial charge >= 0.3 is 6.03 Å². The highest BCUT2D eigenvalue weighted by Gasteiger charge is 2.26. The van der Waals surface area contributed by atoms with Crippen molar-refractivity contribution < 1.29 is 9.21 Å². The van der Waals surface area contributed by atoms with Gasteiger partial charge in [0.25, 0.3) is 0 Å². The topological polar surface area (TPSA) is 55.2 Å². The molecular weight excluding hydrogens is 378 g/mol. The Morgan fingerprint density at radius 3 is 2.30 bits per heavy atom. The second-order valence-electron chi connectivity index (χ2n) is 8.36. The molecule has 0 saturated carbocycles. The molecule has 1 aromatic heterocycles. The van der Waals surface area contributed by atoms with Gasteiger partial charge < -0.3 is 19.5 Å². The molecule has 1 atom stereocenters. The van der Waals surface area contributed by atoms with Crippen LogP contribution in [-0.2, 0) is 6.54 Å². The Morgan fingerprint density at radius 2 is 1.63 bits per heavy atom. The summed E-state index contributed by atoms with van der Waals surface area (Å²) >= 11 is 0. The smallest absolute Gasteiger partial charge is 0.318 e. The lowest BCUT2D eigenvalue weighted by atomic mass is 10.1. The number of rotatable bonds is 6. The third-order valence-corrected chi connectivity index (χ3v) is 6.16. The summed E-state index contributed by atoms with van der Waals surface area (Å²) in [6.45, 7) is 9.10. The quantitative estimate of drug-likeness (QED) is 0.789. The van der Waals surface area contributed by atoms with Crippen LogP contribution in [0.4, 0.5) is 4.79 Å². The Labute approximate surface area is 179 Å². The Bertz CT molecular complexity index is 766. The molecular formula is C23H33N5O2. The molecule has 2 aliphatic heterocycles. The molecule has 30 heavy (non-hydrogen) atoms. The van der Waals surface area contributed by atoms with Crippen LogP contribution in [0.5, 0.6) is 0 Å². The van der Waals surface area contributed by atoms with Crippen LogP contribution in [0.3, 0.4) is 0 Å². The number of carbonyl (C=O) groups is 1. The van der Waals surface area contributed by atoms with Crippen LogP contribution in [0.1, 0.15) is 17.4 Å². The number of hydrogen-bond donors (Lipinski definition) is 1. The Hall–Kier alpha value is -2.35. The molecule has 0 bridgehead atoms. The second kappa shape index (κ2) is 10.1. The van der Waals surface area contributed by atoms with Gasteiger partial charge in [0.1, 0.15) is 5.76 Å². The van der Waals surface area contributed by atoms with Gasteiger partial charge in [-0.1, -0.05) is 30.3 Å². The molecule has 1 N–H and O–H groups in total. The fourth-order valence-corrected chi connectivity index (χ4v) is 4.18. The summed E-state index contributed by atoms with van der Waals surface area (Å²) in [5.41, 5.74) is 1.17. The molecule has 2 aromatic rings. The fraction of sp³-hybridized carbons (Fsp3) is 0.522. The first-order valence-corrected chi connectivity index (χ1v) is 10.9. The fourth-order valence-electron chi connectivity index (χ4n) is 4.18. The zero-order chi connectivity index (χ0) is 20.8. The van der Waals surface area contributed by atoms with E-state index in [-0.39, 0.29) is 12.1 Å². The number of furan rings is 1. The van der Waals surface area contributed by atoms with Crippen LogP contribution in [-0.4, -0.2) is 91.6 Å². The average Bonchev–Trinajstić information content (AvgIpc) is 3.29. The first-order chi connectivity index (χ1) is 14.7. The van der Waals surface area contributed by atoms with E-state index in [1.54, 1.807) is 6.26 Å². The first-order valence-electron chi connectivity index (χ1n) is 10.9. The molecule has 1 unspecified atom stereocenters. The van der Waals surface area contributed by atoms with E-state index in [1.165, 1.54) is 5.56 Å². The molecule has 2 amide bonds. The van der Waals surface area contributed by atoms with Crippen LogP contribution < -0.4 is 5.32 Å². The largest absolute Gasteiger partial charge is 0.468 e. The minimum Gasteiger partial charge on any atom is -0.468 e. The number of urea groups is 1. The number of hydrogen-bond acceptors (Lipinski definition) is 5. The number of benzene rings is 1. The highest BCUT2D eigenvalue weighted by Crippen LogP contribution is 2.17. The van der Waals surface area contributed by atoms with Crippen molar-refractivity contribution in [3.8, 4) is 0 Å². The van der Waals surface area contributed by atoms with E-state index in [0.717, 1.165) is 71.2 Å². The summed E-state index contributed by atoms with van der Waals surface area (Å²) in [5.74, 6) is 0.976. The van der Waals surface area contributed by atoms with Crippen molar-refractivity contribution in [1.82, 2.24) is 24.9 Å². The van der Waals surface area contributed by atoms with E-state index in [0.29, 0.717) is 0 Å². The van der Waals surface area contributed by atoms with Gasteiger partial charge in [0.2, 0.25) is 0 Å². The lowest BCUT2D eigenvalue weighted by molar-refractivity contribution is 0.120. The van der Waals surface area contributed by atoms with E-state index in [1.807, 2.05) is 35.2 Å². The first kappa shape index (κ1) is 20.9. The zero-order valence-electron chi connectivity index (χ0n) is 17.9. The number of piperazine rings is 2. The van der Waals surface area contributed by atoms with Gasteiger partial charge in [-0.2, -0.15) is 0 Å². The minimum atomic E-state index is 0.00301. The Morgan fingerprint density at radius 1 is 0.933 bits per heavy atom. The van der Waals surface area contributed by atoms with Crippen molar-refractivity contribution in [2.24, 2.45) is 0 Å². The Balaban J connectivity index is 1.32. The summed E-state index contributed by atoms with van der Waals surface area (Å²) in [5, 5.41) is 3.32. The number of nitrogens with zero attached hydrogens (tertiary/aromatic N) is 4. The maximum Gasteiger partial charge on any atom is 0.318 e. The summed E-state index contributed by atoms with van der Waals surface area (Å²) < 4.78 is 5.45. The maximum atomic E-state index is 13.1. The standard InChI is InChI=1S/C23H33N5O2/c1-25-9-11-27(12-10-25)19-22(20-6-3-2-4-7-20)24-23(29)28-15-13-26(14-16-28)18-21-8-5-17-30-21/h2-8,17,22H,9-16,18-19H2,1H3,(H,24,29). The van der Waals surface area contributed by atoms with Crippen molar-refractivity contribution in [2.45, 2.75) is 12.6 Å². The number of amides is 2. The molecule has 7 heteroatoms. The monoisotopic (exact) mass is 411 g/mol. The van der Waals surface area contributed by atoms with Crippen molar-refractivity contribution in [1.29, 1.82) is 0 Å². The van der Waals surface area contributed by atoms with Crippen LogP contribution in [0, 0.1) is 0 Å². The summed E-state index contributed by atoms with van der Waals surface area (Å²) in [7, 11) is 2.17. The number of carbonyl (C=O) groups excluding carboxylic acids is 1. The van der Waals surface area contributed by atoms with Crippen LogP contribution in [0.25, 0.3) is 0 Å². The van der Waals surface area contributed by atoms with Crippen molar-refractivity contribution in [3.05, 3.63) is 60.1 Å². The molecule has 2 saturated heterocycles. The summed E-state index contributed by atoms with van der Waals surface area (Å²) in [6.07, 6.45) is 1.71. The molecule has 0 radical (unpaired) electrons. The highest BCUT2D eigenvalue weighted by molar-refractivity contribution is 5.75. The van der Waals surface area contributed by atoms with Crippen LogP contribution in [0.15, 0.2) is 53.1 Å². The normalized spacial score (nSPS) is 20.2. The number of nitrogens with one attached hydrogen (secondary N) is 1. The van der Waals surface area contributed by atoms with Gasteiger partial charge in [-0.15, -0.1) is 0 Å². The molecule has 3 heterocycles. The minimum absolute atomic E-state index is 0.00301. The van der Waals surface area contributed by atoms with Gasteiger partial charge in [-0.3, -0.25) is 9.80 Å². The van der Waals surface area contributed by atoms with Crippen molar-refractivity contribution >= 4 is 6.03 Å². The molecule has 1 aromatic carbocycles. The molecule has 162 valence electrons. The average molecular weight is 412 g/mol. The van der Waals surface area contributed by atoms with Gasteiger partial charge in [0.05, 0.1) is 18.8 Å². The zero-order valence-corrected chi connectivity index (χ0v) is 17.9. The lowest BCUT2D eigenvalue weighted by Crippen LogP contribution is -2.53. The van der Waals surface area contributed by atoms with Gasteiger partial charge in [-0.25, -0.2) is 4.79 Å². The van der Waals surface area contributed by atoms with Gasteiger partial charge in [0.15, 0.2) is 0 Å². The van der Waals surface area contributed by atoms with E-state index in [9.17, 15) is 4.79 Å². The van der Waals surface area contributed by atoms with E-state index >= 15 is 0 Å². The molecule has 7 nitrogen and oxygen atoms in total. The number of likely N-dealkylation sites (N-methyl/N-ethyl adjacent to an activating group) is 1. The summed E-state index contributed by atoms with van der Waals surface area (Å²) in [4.78, 5) is 22.1. The third kappa shape index (κ3) is 5.62. The summed E-state index contributed by atoms with van der Waals surface area (Å²) in [6, 6.07) is 14.3. The molecule has 0 spiro atoms.